The third-order valence-electron chi connectivity index (χ3n) is 4.88. The Hall–Kier alpha value is -1.32. The maximum atomic E-state index is 11.0. The van der Waals surface area contributed by atoms with E-state index >= 15 is 0 Å². The number of rotatable bonds is 2. The lowest BCUT2D eigenvalue weighted by Crippen LogP contribution is -2.37. The van der Waals surface area contributed by atoms with Gasteiger partial charge in [-0.1, -0.05) is 52.4 Å². The molecule has 124 valence electrons. The van der Waals surface area contributed by atoms with Crippen molar-refractivity contribution in [3.63, 3.8) is 0 Å². The van der Waals surface area contributed by atoms with Gasteiger partial charge in [-0.3, -0.25) is 0 Å². The van der Waals surface area contributed by atoms with Crippen molar-refractivity contribution in [2.75, 3.05) is 18.0 Å². The first kappa shape index (κ1) is 17.0. The van der Waals surface area contributed by atoms with Gasteiger partial charge in [0, 0.05) is 19.3 Å². The van der Waals surface area contributed by atoms with Gasteiger partial charge in [-0.05, 0) is 24.7 Å². The lowest BCUT2D eigenvalue weighted by atomic mass is 9.76. The maximum Gasteiger partial charge on any atom is 0.345 e. The first-order chi connectivity index (χ1) is 10.7. The molecule has 0 unspecified atom stereocenters. The van der Waals surface area contributed by atoms with Crippen molar-refractivity contribution >= 4 is 5.69 Å². The van der Waals surface area contributed by atoms with Crippen molar-refractivity contribution in [3.8, 4) is 0 Å². The molecule has 2 heterocycles. The van der Waals surface area contributed by atoms with Crippen LogP contribution in [0.4, 0.5) is 5.69 Å². The molecule has 0 bridgehead atoms. The molecule has 2 aliphatic rings. The summed E-state index contributed by atoms with van der Waals surface area (Å²) < 4.78 is 0. The molecule has 0 spiro atoms. The van der Waals surface area contributed by atoms with E-state index in [4.69, 9.17) is 0 Å². The predicted molar refractivity (Wildman–Crippen MR) is 92.3 cm³/mol. The molecule has 0 atom stereocenters. The molecule has 1 saturated heterocycles. The van der Waals surface area contributed by atoms with Gasteiger partial charge in [-0.25, -0.2) is 4.79 Å². The number of hydrogen-bond donors (Lipinski definition) is 1. The first-order valence-electron chi connectivity index (χ1n) is 9.04. The molecule has 4 heteroatoms. The Labute approximate surface area is 134 Å². The summed E-state index contributed by atoms with van der Waals surface area (Å²) in [6.45, 7) is 6.46. The van der Waals surface area contributed by atoms with E-state index < -0.39 is 0 Å². The normalized spacial score (nSPS) is 20.4. The maximum absolute atomic E-state index is 11.0. The van der Waals surface area contributed by atoms with Crippen molar-refractivity contribution in [3.05, 3.63) is 22.9 Å². The second-order valence-corrected chi connectivity index (χ2v) is 6.71. The summed E-state index contributed by atoms with van der Waals surface area (Å²) in [6, 6.07) is 0. The monoisotopic (exact) mass is 305 g/mol. The third-order valence-corrected chi connectivity index (χ3v) is 4.88. The van der Waals surface area contributed by atoms with Crippen molar-refractivity contribution in [2.45, 2.75) is 65.2 Å². The minimum Gasteiger partial charge on any atom is -0.369 e. The fourth-order valence-corrected chi connectivity index (χ4v) is 3.74. The first-order valence-corrected chi connectivity index (χ1v) is 9.04. The Morgan fingerprint density at radius 1 is 1.09 bits per heavy atom. The number of piperidine rings is 1. The van der Waals surface area contributed by atoms with Crippen LogP contribution in [0.1, 0.15) is 65.2 Å². The highest BCUT2D eigenvalue weighted by atomic mass is 16.1. The zero-order valence-electron chi connectivity index (χ0n) is 14.2. The Morgan fingerprint density at radius 2 is 1.68 bits per heavy atom. The van der Waals surface area contributed by atoms with Crippen LogP contribution < -0.4 is 10.6 Å². The lowest BCUT2D eigenvalue weighted by Gasteiger charge is -2.38. The van der Waals surface area contributed by atoms with E-state index in [0.717, 1.165) is 30.6 Å². The van der Waals surface area contributed by atoms with Crippen molar-refractivity contribution in [1.82, 2.24) is 9.97 Å². The topological polar surface area (TPSA) is 49.0 Å². The van der Waals surface area contributed by atoms with E-state index in [1.165, 1.54) is 51.4 Å². The van der Waals surface area contributed by atoms with Gasteiger partial charge in [0.05, 0.1) is 11.9 Å². The average Bonchev–Trinajstić information content (AvgIpc) is 2.57. The molecule has 1 saturated carbocycles. The van der Waals surface area contributed by atoms with E-state index in [2.05, 4.69) is 28.7 Å². The van der Waals surface area contributed by atoms with Crippen LogP contribution >= 0.6 is 0 Å². The van der Waals surface area contributed by atoms with Crippen LogP contribution in [0.5, 0.6) is 0 Å². The van der Waals surface area contributed by atoms with E-state index in [-0.39, 0.29) is 5.69 Å². The van der Waals surface area contributed by atoms with Gasteiger partial charge < -0.3 is 9.88 Å². The molecular weight excluding hydrogens is 274 g/mol. The number of anilines is 1. The Kier molecular flexibility index (Phi) is 6.94. The van der Waals surface area contributed by atoms with Gasteiger partial charge in [0.2, 0.25) is 0 Å². The number of nitrogens with zero attached hydrogens (tertiary/aromatic N) is 2. The molecule has 3 rings (SSSR count). The average molecular weight is 305 g/mol. The highest BCUT2D eigenvalue weighted by molar-refractivity contribution is 5.41. The number of H-pyrrole nitrogens is 1. The fraction of sp³-hybridized carbons (Fsp3) is 0.778. The molecule has 1 aliphatic heterocycles. The Bertz CT molecular complexity index is 451. The number of aromatic amines is 1. The van der Waals surface area contributed by atoms with Gasteiger partial charge >= 0.3 is 5.69 Å². The van der Waals surface area contributed by atoms with Gasteiger partial charge in [0.15, 0.2) is 0 Å². The molecule has 1 aromatic heterocycles. The van der Waals surface area contributed by atoms with E-state index in [0.29, 0.717) is 0 Å². The van der Waals surface area contributed by atoms with E-state index in [9.17, 15) is 4.79 Å². The Morgan fingerprint density at radius 3 is 2.23 bits per heavy atom. The van der Waals surface area contributed by atoms with Gasteiger partial charge in [0.25, 0.3) is 0 Å². The highest BCUT2D eigenvalue weighted by Crippen LogP contribution is 2.36. The molecule has 22 heavy (non-hydrogen) atoms. The molecular formula is C18H31N3O. The fourth-order valence-electron chi connectivity index (χ4n) is 3.74. The largest absolute Gasteiger partial charge is 0.369 e. The van der Waals surface area contributed by atoms with Crippen LogP contribution in [0.2, 0.25) is 0 Å². The molecule has 2 fully saturated rings. The lowest BCUT2D eigenvalue weighted by molar-refractivity contribution is 0.213. The van der Waals surface area contributed by atoms with Crippen LogP contribution in [-0.4, -0.2) is 23.1 Å². The summed E-state index contributed by atoms with van der Waals surface area (Å²) in [5.74, 6) is 1.90. The molecule has 4 nitrogen and oxygen atoms in total. The van der Waals surface area contributed by atoms with Crippen molar-refractivity contribution < 1.29 is 0 Å². The molecule has 1 aliphatic carbocycles. The number of hydrogen-bond acceptors (Lipinski definition) is 3. The predicted octanol–water partition coefficient (Wildman–Crippen LogP) is 3.98. The van der Waals surface area contributed by atoms with Gasteiger partial charge in [-0.15, -0.1) is 0 Å². The molecule has 0 aromatic carbocycles. The summed E-state index contributed by atoms with van der Waals surface area (Å²) in [7, 11) is 0. The number of nitrogens with one attached hydrogen (secondary N) is 1. The summed E-state index contributed by atoms with van der Waals surface area (Å²) in [6.07, 6.45) is 14.5. The minimum atomic E-state index is -0.263. The van der Waals surface area contributed by atoms with Crippen molar-refractivity contribution in [2.24, 2.45) is 11.8 Å². The van der Waals surface area contributed by atoms with Crippen LogP contribution in [0.3, 0.4) is 0 Å². The minimum absolute atomic E-state index is 0.263. The highest BCUT2D eigenvalue weighted by Gasteiger charge is 2.27. The van der Waals surface area contributed by atoms with Crippen LogP contribution in [0, 0.1) is 11.8 Å². The summed E-state index contributed by atoms with van der Waals surface area (Å²) in [4.78, 5) is 19.8. The van der Waals surface area contributed by atoms with Crippen molar-refractivity contribution in [1.29, 1.82) is 0 Å². The number of aromatic nitrogens is 2. The standard InChI is InChI=1S/C15H23N3O.C3H8/c19-15-16-10-14(11-17-15)18-8-6-13(7-9-18)12-4-2-1-3-5-12;1-3-2/h10-13H,1-9H2,(H,16,17,19);3H2,1-2H3. The smallest absolute Gasteiger partial charge is 0.345 e. The van der Waals surface area contributed by atoms with Crippen LogP contribution in [-0.2, 0) is 0 Å². The summed E-state index contributed by atoms with van der Waals surface area (Å²) in [5.41, 5.74) is 0.794. The second kappa shape index (κ2) is 8.96. The Balaban J connectivity index is 0.000000545. The second-order valence-electron chi connectivity index (χ2n) is 6.71. The van der Waals surface area contributed by atoms with Crippen LogP contribution in [0.15, 0.2) is 17.2 Å². The van der Waals surface area contributed by atoms with Gasteiger partial charge in [0.1, 0.15) is 0 Å². The SMILES string of the molecule is CCC.O=c1ncc(N2CCC(C3CCCCC3)CC2)c[nH]1. The molecule has 0 amide bonds. The quantitative estimate of drug-likeness (QED) is 0.899. The molecule has 1 aromatic rings. The van der Waals surface area contributed by atoms with E-state index in [1.54, 1.807) is 12.4 Å². The zero-order valence-corrected chi connectivity index (χ0v) is 14.2. The van der Waals surface area contributed by atoms with Crippen LogP contribution in [0.25, 0.3) is 0 Å². The van der Waals surface area contributed by atoms with Gasteiger partial charge in [-0.2, -0.15) is 4.98 Å². The van der Waals surface area contributed by atoms with E-state index in [1.807, 2.05) is 0 Å². The molecule has 0 radical (unpaired) electrons. The summed E-state index contributed by atoms with van der Waals surface area (Å²) in [5, 5.41) is 0. The zero-order chi connectivity index (χ0) is 15.8. The summed E-state index contributed by atoms with van der Waals surface area (Å²) >= 11 is 0. The third kappa shape index (κ3) is 4.85. The molecule has 1 N–H and O–H groups in total.